The Morgan fingerprint density at radius 1 is 1.00 bits per heavy atom. The topological polar surface area (TPSA) is 26.0 Å². The summed E-state index contributed by atoms with van der Waals surface area (Å²) in [5.74, 6) is 0. The Kier molecular flexibility index (Phi) is 4.51. The molecule has 3 heteroatoms. The van der Waals surface area contributed by atoms with E-state index in [0.717, 1.165) is 22.0 Å². The fourth-order valence-corrected chi connectivity index (χ4v) is 2.53. The zero-order valence-electron chi connectivity index (χ0n) is 10.9. The maximum Gasteiger partial charge on any atom is 0.0438 e. The van der Waals surface area contributed by atoms with Gasteiger partial charge in [0.25, 0.3) is 0 Å². The molecule has 0 saturated heterocycles. The second-order valence-corrected chi connectivity index (χ2v) is 5.88. The zero-order chi connectivity index (χ0) is 13.9. The number of benzene rings is 2. The molecule has 0 radical (unpaired) electrons. The van der Waals surface area contributed by atoms with Crippen molar-refractivity contribution in [3.05, 3.63) is 69.7 Å². The lowest BCUT2D eigenvalue weighted by atomic mass is 9.77. The third kappa shape index (κ3) is 3.30. The van der Waals surface area contributed by atoms with Crippen LogP contribution in [-0.2, 0) is 11.8 Å². The van der Waals surface area contributed by atoms with Crippen molar-refractivity contribution < 1.29 is 0 Å². The molecule has 0 bridgehead atoms. The van der Waals surface area contributed by atoms with Crippen LogP contribution in [0.3, 0.4) is 0 Å². The molecule has 0 aliphatic carbocycles. The minimum Gasteiger partial charge on any atom is -0.330 e. The first-order valence-electron chi connectivity index (χ1n) is 6.25. The van der Waals surface area contributed by atoms with Crippen molar-refractivity contribution in [1.82, 2.24) is 0 Å². The lowest BCUT2D eigenvalue weighted by molar-refractivity contribution is 0.481. The molecule has 1 unspecified atom stereocenters. The van der Waals surface area contributed by atoms with Gasteiger partial charge in [-0.1, -0.05) is 60.5 Å². The van der Waals surface area contributed by atoms with Gasteiger partial charge in [0, 0.05) is 22.0 Å². The molecule has 0 aliphatic heterocycles. The van der Waals surface area contributed by atoms with E-state index < -0.39 is 0 Å². The first-order valence-corrected chi connectivity index (χ1v) is 7.00. The monoisotopic (exact) mass is 293 g/mol. The molecular weight excluding hydrogens is 277 g/mol. The van der Waals surface area contributed by atoms with Crippen molar-refractivity contribution in [2.75, 3.05) is 6.54 Å². The second-order valence-electron chi connectivity index (χ2n) is 5.04. The summed E-state index contributed by atoms with van der Waals surface area (Å²) in [5, 5.41) is 1.53. The van der Waals surface area contributed by atoms with Gasteiger partial charge in [-0.25, -0.2) is 0 Å². The molecule has 0 aromatic heterocycles. The van der Waals surface area contributed by atoms with Gasteiger partial charge in [-0.05, 0) is 35.7 Å². The van der Waals surface area contributed by atoms with Gasteiger partial charge in [0.2, 0.25) is 0 Å². The van der Waals surface area contributed by atoms with Crippen LogP contribution in [0.1, 0.15) is 18.1 Å². The SMILES string of the molecule is CC(CN)(Cc1ccccc1Cl)c1ccc(Cl)cc1. The predicted octanol–water partition coefficient (Wildman–Crippen LogP) is 4.45. The van der Waals surface area contributed by atoms with Crippen LogP contribution >= 0.6 is 23.2 Å². The van der Waals surface area contributed by atoms with E-state index in [-0.39, 0.29) is 5.41 Å². The third-order valence-corrected chi connectivity index (χ3v) is 4.15. The number of halogens is 2. The Morgan fingerprint density at radius 2 is 1.63 bits per heavy atom. The molecule has 0 heterocycles. The van der Waals surface area contributed by atoms with Crippen molar-refractivity contribution in [3.63, 3.8) is 0 Å². The van der Waals surface area contributed by atoms with E-state index in [1.807, 2.05) is 48.5 Å². The molecule has 2 rings (SSSR count). The van der Waals surface area contributed by atoms with E-state index in [9.17, 15) is 0 Å². The van der Waals surface area contributed by atoms with E-state index in [2.05, 4.69) is 6.92 Å². The highest BCUT2D eigenvalue weighted by Gasteiger charge is 2.26. The number of nitrogens with two attached hydrogens (primary N) is 1. The van der Waals surface area contributed by atoms with Crippen molar-refractivity contribution in [2.45, 2.75) is 18.8 Å². The molecule has 1 nitrogen and oxygen atoms in total. The standard InChI is InChI=1S/C16H17Cl2N/c1-16(11-19,13-6-8-14(17)9-7-13)10-12-4-2-3-5-15(12)18/h2-9H,10-11,19H2,1H3. The molecule has 1 atom stereocenters. The Morgan fingerprint density at radius 3 is 2.21 bits per heavy atom. The van der Waals surface area contributed by atoms with E-state index in [1.54, 1.807) is 0 Å². The van der Waals surface area contributed by atoms with Crippen molar-refractivity contribution >= 4 is 23.2 Å². The molecule has 0 spiro atoms. The lowest BCUT2D eigenvalue weighted by Gasteiger charge is -2.29. The Hall–Kier alpha value is -1.02. The smallest absolute Gasteiger partial charge is 0.0438 e. The highest BCUT2D eigenvalue weighted by atomic mass is 35.5. The molecule has 0 amide bonds. The molecular formula is C16H17Cl2N. The van der Waals surface area contributed by atoms with Gasteiger partial charge in [0.05, 0.1) is 0 Å². The summed E-state index contributed by atoms with van der Waals surface area (Å²) >= 11 is 12.2. The second kappa shape index (κ2) is 5.96. The summed E-state index contributed by atoms with van der Waals surface area (Å²) in [4.78, 5) is 0. The van der Waals surface area contributed by atoms with Crippen LogP contribution in [0.15, 0.2) is 48.5 Å². The number of hydrogen-bond acceptors (Lipinski definition) is 1. The van der Waals surface area contributed by atoms with Crippen LogP contribution in [0, 0.1) is 0 Å². The maximum atomic E-state index is 6.24. The Bertz CT molecular complexity index is 551. The number of rotatable bonds is 4. The van der Waals surface area contributed by atoms with E-state index in [0.29, 0.717) is 6.54 Å². The van der Waals surface area contributed by atoms with Crippen LogP contribution < -0.4 is 5.73 Å². The van der Waals surface area contributed by atoms with Crippen LogP contribution in [0.2, 0.25) is 10.0 Å². The van der Waals surface area contributed by atoms with Crippen molar-refractivity contribution in [2.24, 2.45) is 5.73 Å². The summed E-state index contributed by atoms with van der Waals surface area (Å²) in [6.07, 6.45) is 0.810. The predicted molar refractivity (Wildman–Crippen MR) is 83.0 cm³/mol. The normalized spacial score (nSPS) is 14.1. The van der Waals surface area contributed by atoms with E-state index in [4.69, 9.17) is 28.9 Å². The molecule has 2 aromatic carbocycles. The number of hydrogen-bond donors (Lipinski definition) is 1. The average Bonchev–Trinajstić information content (AvgIpc) is 2.42. The molecule has 100 valence electrons. The van der Waals surface area contributed by atoms with Gasteiger partial charge >= 0.3 is 0 Å². The van der Waals surface area contributed by atoms with Gasteiger partial charge in [-0.2, -0.15) is 0 Å². The van der Waals surface area contributed by atoms with Crippen LogP contribution in [0.5, 0.6) is 0 Å². The maximum absolute atomic E-state index is 6.24. The molecule has 0 saturated carbocycles. The van der Waals surface area contributed by atoms with Gasteiger partial charge in [-0.3, -0.25) is 0 Å². The molecule has 0 fully saturated rings. The molecule has 2 N–H and O–H groups in total. The van der Waals surface area contributed by atoms with Crippen molar-refractivity contribution in [1.29, 1.82) is 0 Å². The fourth-order valence-electron chi connectivity index (χ4n) is 2.21. The van der Waals surface area contributed by atoms with Gasteiger partial charge in [-0.15, -0.1) is 0 Å². The van der Waals surface area contributed by atoms with Crippen LogP contribution in [-0.4, -0.2) is 6.54 Å². The minimum atomic E-state index is -0.143. The fraction of sp³-hybridized carbons (Fsp3) is 0.250. The highest BCUT2D eigenvalue weighted by Crippen LogP contribution is 2.30. The highest BCUT2D eigenvalue weighted by molar-refractivity contribution is 6.31. The Balaban J connectivity index is 2.33. The third-order valence-electron chi connectivity index (χ3n) is 3.53. The molecule has 0 aliphatic rings. The van der Waals surface area contributed by atoms with Gasteiger partial charge < -0.3 is 5.73 Å². The first-order chi connectivity index (χ1) is 9.05. The largest absolute Gasteiger partial charge is 0.330 e. The quantitative estimate of drug-likeness (QED) is 0.885. The lowest BCUT2D eigenvalue weighted by Crippen LogP contribution is -2.34. The van der Waals surface area contributed by atoms with Crippen LogP contribution in [0.25, 0.3) is 0 Å². The summed E-state index contributed by atoms with van der Waals surface area (Å²) in [6.45, 7) is 2.71. The first kappa shape index (κ1) is 14.4. The molecule has 19 heavy (non-hydrogen) atoms. The zero-order valence-corrected chi connectivity index (χ0v) is 12.4. The van der Waals surface area contributed by atoms with Crippen LogP contribution in [0.4, 0.5) is 0 Å². The Labute approximate surface area is 124 Å². The summed E-state index contributed by atoms with van der Waals surface area (Å²) in [6, 6.07) is 15.8. The summed E-state index contributed by atoms with van der Waals surface area (Å²) in [5.41, 5.74) is 8.15. The summed E-state index contributed by atoms with van der Waals surface area (Å²) < 4.78 is 0. The average molecular weight is 294 g/mol. The van der Waals surface area contributed by atoms with Crippen molar-refractivity contribution in [3.8, 4) is 0 Å². The molecule has 2 aromatic rings. The van der Waals surface area contributed by atoms with Gasteiger partial charge in [0.1, 0.15) is 0 Å². The minimum absolute atomic E-state index is 0.143. The van der Waals surface area contributed by atoms with E-state index in [1.165, 1.54) is 5.56 Å². The van der Waals surface area contributed by atoms with E-state index >= 15 is 0 Å². The van der Waals surface area contributed by atoms with Gasteiger partial charge in [0.15, 0.2) is 0 Å². The summed E-state index contributed by atoms with van der Waals surface area (Å²) in [7, 11) is 0.